The van der Waals surface area contributed by atoms with Crippen LogP contribution in [0.1, 0.15) is 20.8 Å². The molecule has 0 unspecified atom stereocenters. The summed E-state index contributed by atoms with van der Waals surface area (Å²) in [5, 5.41) is 0. The van der Waals surface area contributed by atoms with E-state index in [1.807, 2.05) is 0 Å². The van der Waals surface area contributed by atoms with E-state index in [2.05, 4.69) is 20.8 Å². The summed E-state index contributed by atoms with van der Waals surface area (Å²) in [5.74, 6) is 0.628. The molecular formula is C14H22N2O2. The molecule has 1 aromatic rings. The van der Waals surface area contributed by atoms with Gasteiger partial charge in [0.2, 0.25) is 0 Å². The van der Waals surface area contributed by atoms with Gasteiger partial charge in [0.25, 0.3) is 5.91 Å². The van der Waals surface area contributed by atoms with Crippen molar-refractivity contribution in [1.29, 1.82) is 0 Å². The number of likely N-dealkylation sites (N-methyl/N-ethyl adjacent to an activating group) is 1. The molecule has 4 heteroatoms. The topological polar surface area (TPSA) is 55.6 Å². The zero-order valence-electron chi connectivity index (χ0n) is 11.6. The van der Waals surface area contributed by atoms with Gasteiger partial charge in [-0.1, -0.05) is 20.8 Å². The quantitative estimate of drug-likeness (QED) is 0.833. The Kier molecular flexibility index (Phi) is 4.59. The largest absolute Gasteiger partial charge is 0.484 e. The van der Waals surface area contributed by atoms with Crippen molar-refractivity contribution in [2.75, 3.05) is 25.9 Å². The molecule has 0 aliphatic heterocycles. The first-order valence-electron chi connectivity index (χ1n) is 6.00. The third-order valence-corrected chi connectivity index (χ3v) is 2.38. The normalized spacial score (nSPS) is 11.1. The van der Waals surface area contributed by atoms with Crippen LogP contribution in [0.25, 0.3) is 0 Å². The Hall–Kier alpha value is -1.71. The summed E-state index contributed by atoms with van der Waals surface area (Å²) in [6.07, 6.45) is 0. The minimum atomic E-state index is -0.0262. The van der Waals surface area contributed by atoms with E-state index < -0.39 is 0 Å². The summed E-state index contributed by atoms with van der Waals surface area (Å²) in [6.45, 7) is 7.04. The molecule has 18 heavy (non-hydrogen) atoms. The number of nitrogens with zero attached hydrogens (tertiary/aromatic N) is 1. The van der Waals surface area contributed by atoms with Gasteiger partial charge in [0.15, 0.2) is 6.61 Å². The zero-order valence-corrected chi connectivity index (χ0v) is 11.6. The fraction of sp³-hybridized carbons (Fsp3) is 0.500. The number of carbonyl (C=O) groups excluding carboxylic acids is 1. The Labute approximate surface area is 109 Å². The van der Waals surface area contributed by atoms with Crippen LogP contribution < -0.4 is 10.5 Å². The Bertz CT molecular complexity index is 393. The molecule has 4 nitrogen and oxygen atoms in total. The van der Waals surface area contributed by atoms with E-state index in [-0.39, 0.29) is 17.9 Å². The van der Waals surface area contributed by atoms with E-state index in [0.717, 1.165) is 0 Å². The molecule has 0 aromatic heterocycles. The lowest BCUT2D eigenvalue weighted by molar-refractivity contribution is -0.133. The number of anilines is 1. The molecule has 0 bridgehead atoms. The monoisotopic (exact) mass is 250 g/mol. The standard InChI is InChI=1S/C14H22N2O2/c1-14(2,3)10-16(4)13(17)9-18-12-7-5-11(15)6-8-12/h5-8H,9-10,15H2,1-4H3. The van der Waals surface area contributed by atoms with Crippen molar-refractivity contribution in [3.63, 3.8) is 0 Å². The van der Waals surface area contributed by atoms with Crippen LogP contribution in [0.15, 0.2) is 24.3 Å². The van der Waals surface area contributed by atoms with Crippen LogP contribution in [0.4, 0.5) is 5.69 Å². The van der Waals surface area contributed by atoms with Gasteiger partial charge in [-0.2, -0.15) is 0 Å². The molecule has 0 aliphatic carbocycles. The molecule has 0 spiro atoms. The fourth-order valence-electron chi connectivity index (χ4n) is 1.62. The minimum Gasteiger partial charge on any atom is -0.484 e. The van der Waals surface area contributed by atoms with Crippen molar-refractivity contribution in [2.24, 2.45) is 5.41 Å². The van der Waals surface area contributed by atoms with E-state index in [1.165, 1.54) is 0 Å². The van der Waals surface area contributed by atoms with E-state index >= 15 is 0 Å². The Morgan fingerprint density at radius 1 is 1.28 bits per heavy atom. The number of hydrogen-bond donors (Lipinski definition) is 1. The minimum absolute atomic E-state index is 0.0262. The molecule has 1 rings (SSSR count). The molecule has 0 atom stereocenters. The second-order valence-electron chi connectivity index (χ2n) is 5.67. The van der Waals surface area contributed by atoms with Gasteiger partial charge < -0.3 is 15.4 Å². The lowest BCUT2D eigenvalue weighted by Crippen LogP contribution is -2.37. The number of nitrogens with two attached hydrogens (primary N) is 1. The fourth-order valence-corrected chi connectivity index (χ4v) is 1.62. The molecule has 2 N–H and O–H groups in total. The van der Waals surface area contributed by atoms with Crippen LogP contribution in [0, 0.1) is 5.41 Å². The summed E-state index contributed by atoms with van der Waals surface area (Å²) in [7, 11) is 1.79. The van der Waals surface area contributed by atoms with Crippen molar-refractivity contribution >= 4 is 11.6 Å². The number of carbonyl (C=O) groups is 1. The first kappa shape index (κ1) is 14.4. The molecule has 0 saturated carbocycles. The highest BCUT2D eigenvalue weighted by molar-refractivity contribution is 5.77. The number of rotatable bonds is 4. The predicted molar refractivity (Wildman–Crippen MR) is 73.4 cm³/mol. The number of nitrogen functional groups attached to an aromatic ring is 1. The summed E-state index contributed by atoms with van der Waals surface area (Å²) in [5.41, 5.74) is 6.34. The van der Waals surface area contributed by atoms with Crippen LogP contribution in [0.3, 0.4) is 0 Å². The first-order chi connectivity index (χ1) is 8.28. The van der Waals surface area contributed by atoms with E-state index in [0.29, 0.717) is 18.0 Å². The number of benzene rings is 1. The molecule has 0 saturated heterocycles. The average molecular weight is 250 g/mol. The van der Waals surface area contributed by atoms with Gasteiger partial charge >= 0.3 is 0 Å². The highest BCUT2D eigenvalue weighted by atomic mass is 16.5. The highest BCUT2D eigenvalue weighted by Crippen LogP contribution is 2.15. The van der Waals surface area contributed by atoms with Crippen LogP contribution in [0.2, 0.25) is 0 Å². The van der Waals surface area contributed by atoms with E-state index in [9.17, 15) is 4.79 Å². The Balaban J connectivity index is 2.43. The molecule has 1 amide bonds. The van der Waals surface area contributed by atoms with E-state index in [4.69, 9.17) is 10.5 Å². The van der Waals surface area contributed by atoms with Crippen molar-refractivity contribution in [3.8, 4) is 5.75 Å². The second-order valence-corrected chi connectivity index (χ2v) is 5.67. The van der Waals surface area contributed by atoms with Crippen LogP contribution in [-0.4, -0.2) is 31.0 Å². The number of ether oxygens (including phenoxy) is 1. The zero-order chi connectivity index (χ0) is 13.8. The SMILES string of the molecule is CN(CC(C)(C)C)C(=O)COc1ccc(N)cc1. The predicted octanol–water partition coefficient (Wildman–Crippen LogP) is 2.15. The van der Waals surface area contributed by atoms with Crippen LogP contribution in [0.5, 0.6) is 5.75 Å². The van der Waals surface area contributed by atoms with Gasteiger partial charge in [0.1, 0.15) is 5.75 Å². The van der Waals surface area contributed by atoms with Crippen molar-refractivity contribution in [2.45, 2.75) is 20.8 Å². The molecule has 0 radical (unpaired) electrons. The lowest BCUT2D eigenvalue weighted by Gasteiger charge is -2.26. The van der Waals surface area contributed by atoms with Gasteiger partial charge in [-0.15, -0.1) is 0 Å². The third kappa shape index (κ3) is 5.08. The molecule has 0 aliphatic rings. The van der Waals surface area contributed by atoms with E-state index in [1.54, 1.807) is 36.2 Å². The Morgan fingerprint density at radius 2 is 1.83 bits per heavy atom. The van der Waals surface area contributed by atoms with Crippen molar-refractivity contribution < 1.29 is 9.53 Å². The third-order valence-electron chi connectivity index (χ3n) is 2.38. The van der Waals surface area contributed by atoms with Gasteiger partial charge in [-0.05, 0) is 29.7 Å². The second kappa shape index (κ2) is 5.76. The highest BCUT2D eigenvalue weighted by Gasteiger charge is 2.17. The first-order valence-corrected chi connectivity index (χ1v) is 6.00. The molecular weight excluding hydrogens is 228 g/mol. The van der Waals surface area contributed by atoms with Gasteiger partial charge in [0.05, 0.1) is 0 Å². The van der Waals surface area contributed by atoms with Crippen LogP contribution >= 0.6 is 0 Å². The maximum absolute atomic E-state index is 11.8. The van der Waals surface area contributed by atoms with Gasteiger partial charge in [-0.3, -0.25) is 4.79 Å². The maximum atomic E-state index is 11.8. The molecule has 1 aromatic carbocycles. The molecule has 0 heterocycles. The average Bonchev–Trinajstić information content (AvgIpc) is 2.25. The summed E-state index contributed by atoms with van der Waals surface area (Å²) in [4.78, 5) is 13.5. The lowest BCUT2D eigenvalue weighted by atomic mass is 9.96. The summed E-state index contributed by atoms with van der Waals surface area (Å²) >= 11 is 0. The van der Waals surface area contributed by atoms with Gasteiger partial charge in [0, 0.05) is 19.3 Å². The van der Waals surface area contributed by atoms with Crippen molar-refractivity contribution in [1.82, 2.24) is 4.90 Å². The number of hydrogen-bond acceptors (Lipinski definition) is 3. The molecule has 100 valence electrons. The molecule has 0 fully saturated rings. The summed E-state index contributed by atoms with van der Waals surface area (Å²) in [6, 6.07) is 7.01. The smallest absolute Gasteiger partial charge is 0.260 e. The summed E-state index contributed by atoms with van der Waals surface area (Å²) < 4.78 is 5.41. The maximum Gasteiger partial charge on any atom is 0.260 e. The number of amides is 1. The van der Waals surface area contributed by atoms with Crippen LogP contribution in [-0.2, 0) is 4.79 Å². The van der Waals surface area contributed by atoms with Crippen molar-refractivity contribution in [3.05, 3.63) is 24.3 Å². The Morgan fingerprint density at radius 3 is 2.33 bits per heavy atom. The van der Waals surface area contributed by atoms with Gasteiger partial charge in [-0.25, -0.2) is 0 Å².